The molecular formula is C11H9BrN2O2. The van der Waals surface area contributed by atoms with Crippen molar-refractivity contribution in [2.45, 2.75) is 0 Å². The Morgan fingerprint density at radius 1 is 1.56 bits per heavy atom. The number of anilines is 1. The smallest absolute Gasteiger partial charge is 0.270 e. The molecule has 0 radical (unpaired) electrons. The number of rotatable bonds is 2. The number of alkyl halides is 1. The lowest BCUT2D eigenvalue weighted by Gasteiger charge is -2.03. The number of para-hydroxylation sites is 1. The maximum atomic E-state index is 11.2. The average molecular weight is 281 g/mol. The standard InChI is InChI=1S/C11H9BrN2O2/c12-7-3-5-9-4-1-2-6-10(9)14-11(15)8-13-16/h1-2,4,6,8,16H,7H2,(H,14,15). The van der Waals surface area contributed by atoms with Gasteiger partial charge in [-0.15, -0.1) is 0 Å². The number of benzene rings is 1. The zero-order valence-corrected chi connectivity index (χ0v) is 9.86. The van der Waals surface area contributed by atoms with Crippen molar-refractivity contribution in [1.29, 1.82) is 0 Å². The largest absolute Gasteiger partial charge is 0.411 e. The molecule has 0 aliphatic rings. The number of hydrogen-bond donors (Lipinski definition) is 2. The SMILES string of the molecule is O=C(C=NO)Nc1ccccc1C#CCBr. The van der Waals surface area contributed by atoms with Crippen LogP contribution in [-0.4, -0.2) is 22.7 Å². The molecule has 0 aliphatic carbocycles. The molecule has 82 valence electrons. The van der Waals surface area contributed by atoms with Gasteiger partial charge >= 0.3 is 0 Å². The van der Waals surface area contributed by atoms with E-state index in [9.17, 15) is 4.79 Å². The summed E-state index contributed by atoms with van der Waals surface area (Å²) in [4.78, 5) is 11.2. The van der Waals surface area contributed by atoms with Crippen LogP contribution in [0.25, 0.3) is 0 Å². The third kappa shape index (κ3) is 3.75. The Kier molecular flexibility index (Phi) is 5.09. The van der Waals surface area contributed by atoms with Crippen LogP contribution in [-0.2, 0) is 4.79 Å². The van der Waals surface area contributed by atoms with E-state index in [0.717, 1.165) is 6.21 Å². The predicted octanol–water partition coefficient (Wildman–Crippen LogP) is 1.83. The van der Waals surface area contributed by atoms with Gasteiger partial charge in [-0.25, -0.2) is 0 Å². The van der Waals surface area contributed by atoms with Crippen LogP contribution in [0.5, 0.6) is 0 Å². The molecule has 0 bridgehead atoms. The highest BCUT2D eigenvalue weighted by atomic mass is 79.9. The molecule has 4 nitrogen and oxygen atoms in total. The van der Waals surface area contributed by atoms with Crippen LogP contribution in [0.3, 0.4) is 0 Å². The van der Waals surface area contributed by atoms with Crippen molar-refractivity contribution >= 4 is 33.7 Å². The Morgan fingerprint density at radius 2 is 2.31 bits per heavy atom. The van der Waals surface area contributed by atoms with Crippen LogP contribution in [0.15, 0.2) is 29.4 Å². The highest BCUT2D eigenvalue weighted by Crippen LogP contribution is 2.13. The number of nitrogens with one attached hydrogen (secondary N) is 1. The van der Waals surface area contributed by atoms with E-state index in [1.807, 2.05) is 6.07 Å². The van der Waals surface area contributed by atoms with Gasteiger partial charge in [-0.3, -0.25) is 4.79 Å². The third-order valence-corrected chi connectivity index (χ3v) is 1.93. The Morgan fingerprint density at radius 3 is 3.00 bits per heavy atom. The number of oxime groups is 1. The quantitative estimate of drug-likeness (QED) is 0.285. The molecule has 1 rings (SSSR count). The van der Waals surface area contributed by atoms with Crippen LogP contribution >= 0.6 is 15.9 Å². The zero-order valence-electron chi connectivity index (χ0n) is 8.27. The Hall–Kier alpha value is -1.80. The topological polar surface area (TPSA) is 61.7 Å². The highest BCUT2D eigenvalue weighted by Gasteiger charge is 2.02. The minimum atomic E-state index is -0.504. The molecule has 5 heteroatoms. The van der Waals surface area contributed by atoms with Gasteiger partial charge in [-0.05, 0) is 12.1 Å². The monoisotopic (exact) mass is 280 g/mol. The number of hydrogen-bond acceptors (Lipinski definition) is 3. The second kappa shape index (κ2) is 6.64. The van der Waals surface area contributed by atoms with E-state index in [-0.39, 0.29) is 0 Å². The van der Waals surface area contributed by atoms with Gasteiger partial charge in [-0.1, -0.05) is 45.1 Å². The first-order valence-electron chi connectivity index (χ1n) is 4.40. The van der Waals surface area contributed by atoms with Crippen LogP contribution < -0.4 is 5.32 Å². The van der Waals surface area contributed by atoms with Gasteiger partial charge < -0.3 is 10.5 Å². The van der Waals surface area contributed by atoms with Crippen LogP contribution in [0, 0.1) is 11.8 Å². The molecule has 0 saturated carbocycles. The molecule has 1 aromatic rings. The van der Waals surface area contributed by atoms with E-state index in [0.29, 0.717) is 16.6 Å². The van der Waals surface area contributed by atoms with Crippen molar-refractivity contribution in [1.82, 2.24) is 0 Å². The first-order valence-corrected chi connectivity index (χ1v) is 5.52. The van der Waals surface area contributed by atoms with Gasteiger partial charge in [-0.2, -0.15) is 0 Å². The zero-order chi connectivity index (χ0) is 11.8. The summed E-state index contributed by atoms with van der Waals surface area (Å²) >= 11 is 3.19. The van der Waals surface area contributed by atoms with Gasteiger partial charge in [0.25, 0.3) is 5.91 Å². The van der Waals surface area contributed by atoms with E-state index < -0.39 is 5.91 Å². The lowest BCUT2D eigenvalue weighted by atomic mass is 10.2. The minimum Gasteiger partial charge on any atom is -0.411 e. The molecule has 0 spiro atoms. The van der Waals surface area contributed by atoms with Gasteiger partial charge in [0.2, 0.25) is 0 Å². The summed E-state index contributed by atoms with van der Waals surface area (Å²) in [5, 5.41) is 14.0. The maximum Gasteiger partial charge on any atom is 0.270 e. The van der Waals surface area contributed by atoms with E-state index >= 15 is 0 Å². The van der Waals surface area contributed by atoms with Crippen LogP contribution in [0.2, 0.25) is 0 Å². The summed E-state index contributed by atoms with van der Waals surface area (Å²) < 4.78 is 0. The second-order valence-electron chi connectivity index (χ2n) is 2.71. The molecule has 0 atom stereocenters. The lowest BCUT2D eigenvalue weighted by Crippen LogP contribution is -2.13. The van der Waals surface area contributed by atoms with Gasteiger partial charge in [0, 0.05) is 5.56 Å². The first kappa shape index (κ1) is 12.3. The molecule has 0 aromatic heterocycles. The molecule has 1 aromatic carbocycles. The van der Waals surface area contributed by atoms with Gasteiger partial charge in [0.1, 0.15) is 6.21 Å². The minimum absolute atomic E-state index is 0.504. The molecule has 0 fully saturated rings. The first-order chi connectivity index (χ1) is 7.77. The number of carbonyl (C=O) groups excluding carboxylic acids is 1. The molecule has 16 heavy (non-hydrogen) atoms. The Labute approximate surface area is 101 Å². The molecule has 1 amide bonds. The Bertz CT molecular complexity index is 461. The van der Waals surface area contributed by atoms with Crippen LogP contribution in [0.1, 0.15) is 5.56 Å². The van der Waals surface area contributed by atoms with Crippen molar-refractivity contribution in [2.24, 2.45) is 5.16 Å². The number of carbonyl (C=O) groups is 1. The average Bonchev–Trinajstić information content (AvgIpc) is 2.28. The van der Waals surface area contributed by atoms with E-state index in [1.165, 1.54) is 0 Å². The maximum absolute atomic E-state index is 11.2. The summed E-state index contributed by atoms with van der Waals surface area (Å²) in [6.45, 7) is 0. The van der Waals surface area contributed by atoms with E-state index in [1.54, 1.807) is 18.2 Å². The van der Waals surface area contributed by atoms with Crippen molar-refractivity contribution < 1.29 is 10.0 Å². The summed E-state index contributed by atoms with van der Waals surface area (Å²) in [5.41, 5.74) is 1.29. The number of halogens is 1. The molecule has 0 heterocycles. The lowest BCUT2D eigenvalue weighted by molar-refractivity contribution is -0.110. The molecular weight excluding hydrogens is 272 g/mol. The fourth-order valence-electron chi connectivity index (χ4n) is 1.05. The molecule has 0 saturated heterocycles. The fourth-order valence-corrected chi connectivity index (χ4v) is 1.19. The third-order valence-electron chi connectivity index (χ3n) is 1.65. The van der Waals surface area contributed by atoms with Crippen molar-refractivity contribution in [2.75, 3.05) is 10.6 Å². The normalized spacial score (nSPS) is 9.56. The van der Waals surface area contributed by atoms with E-state index in [2.05, 4.69) is 38.2 Å². The number of nitrogens with zero attached hydrogens (tertiary/aromatic N) is 1. The summed E-state index contributed by atoms with van der Waals surface area (Å²) in [6, 6.07) is 7.13. The van der Waals surface area contributed by atoms with Gasteiger partial charge in [0.15, 0.2) is 0 Å². The fraction of sp³-hybridized carbons (Fsp3) is 0.0909. The Balaban J connectivity index is 2.91. The molecule has 0 aliphatic heterocycles. The summed E-state index contributed by atoms with van der Waals surface area (Å²) in [7, 11) is 0. The van der Waals surface area contributed by atoms with Crippen LogP contribution in [0.4, 0.5) is 5.69 Å². The molecule has 2 N–H and O–H groups in total. The summed E-state index contributed by atoms with van der Waals surface area (Å²) in [5.74, 6) is 5.23. The highest BCUT2D eigenvalue weighted by molar-refractivity contribution is 9.09. The van der Waals surface area contributed by atoms with Crippen molar-refractivity contribution in [3.63, 3.8) is 0 Å². The van der Waals surface area contributed by atoms with E-state index in [4.69, 9.17) is 5.21 Å². The van der Waals surface area contributed by atoms with Gasteiger partial charge in [0.05, 0.1) is 11.0 Å². The van der Waals surface area contributed by atoms with Crippen molar-refractivity contribution in [3.8, 4) is 11.8 Å². The second-order valence-corrected chi connectivity index (χ2v) is 3.28. The number of amides is 1. The predicted molar refractivity (Wildman–Crippen MR) is 66.0 cm³/mol. The molecule has 0 unspecified atom stereocenters. The van der Waals surface area contributed by atoms with Crippen molar-refractivity contribution in [3.05, 3.63) is 29.8 Å². The summed E-state index contributed by atoms with van der Waals surface area (Å²) in [6.07, 6.45) is 0.786.